The average molecular weight is 297 g/mol. The highest BCUT2D eigenvalue weighted by molar-refractivity contribution is 5.60. The van der Waals surface area contributed by atoms with Gasteiger partial charge in [-0.1, -0.05) is 0 Å². The third-order valence-electron chi connectivity index (χ3n) is 4.14. The van der Waals surface area contributed by atoms with Crippen molar-refractivity contribution >= 4 is 5.82 Å². The summed E-state index contributed by atoms with van der Waals surface area (Å²) in [6.45, 7) is 5.10. The van der Waals surface area contributed by atoms with Crippen molar-refractivity contribution < 1.29 is 4.74 Å². The Labute approximate surface area is 129 Å². The van der Waals surface area contributed by atoms with E-state index >= 15 is 0 Å². The topological polar surface area (TPSA) is 63.2 Å². The van der Waals surface area contributed by atoms with Crippen LogP contribution >= 0.6 is 0 Å². The molecule has 0 amide bonds. The van der Waals surface area contributed by atoms with Crippen molar-refractivity contribution in [3.05, 3.63) is 35.8 Å². The first-order valence-electron chi connectivity index (χ1n) is 7.75. The predicted molar refractivity (Wildman–Crippen MR) is 83.7 cm³/mol. The molecule has 4 rings (SSSR count). The van der Waals surface area contributed by atoms with Gasteiger partial charge in [0.2, 0.25) is 0 Å². The van der Waals surface area contributed by atoms with E-state index in [-0.39, 0.29) is 0 Å². The summed E-state index contributed by atoms with van der Waals surface area (Å²) in [5.74, 6) is 1.83. The highest BCUT2D eigenvalue weighted by atomic mass is 16.5. The second-order valence-electron chi connectivity index (χ2n) is 5.56. The number of hydrogen-bond donors (Lipinski definition) is 1. The molecule has 1 N–H and O–H groups in total. The van der Waals surface area contributed by atoms with Crippen molar-refractivity contribution in [2.75, 3.05) is 37.7 Å². The number of hydrogen-bond acceptors (Lipinski definition) is 6. The molecule has 2 aromatic heterocycles. The Morgan fingerprint density at radius 1 is 1.18 bits per heavy atom. The van der Waals surface area contributed by atoms with E-state index in [0.29, 0.717) is 0 Å². The maximum absolute atomic E-state index is 5.47. The Bertz CT molecular complexity index is 655. The van der Waals surface area contributed by atoms with Crippen LogP contribution in [0.4, 0.5) is 5.82 Å². The molecular formula is C16H19N5O. The van der Waals surface area contributed by atoms with E-state index in [1.807, 2.05) is 18.3 Å². The minimum Gasteiger partial charge on any atom is -0.378 e. The first kappa shape index (κ1) is 13.6. The summed E-state index contributed by atoms with van der Waals surface area (Å²) in [5, 5.41) is 3.43. The Kier molecular flexibility index (Phi) is 3.70. The predicted octanol–water partition coefficient (Wildman–Crippen LogP) is 1.02. The fraction of sp³-hybridized carbons (Fsp3) is 0.438. The van der Waals surface area contributed by atoms with Gasteiger partial charge in [0, 0.05) is 56.1 Å². The number of nitrogens with zero attached hydrogens (tertiary/aromatic N) is 4. The molecule has 0 saturated carbocycles. The Balaban J connectivity index is 1.80. The summed E-state index contributed by atoms with van der Waals surface area (Å²) < 4.78 is 5.47. The number of rotatable bonds is 2. The lowest BCUT2D eigenvalue weighted by Crippen LogP contribution is -2.39. The van der Waals surface area contributed by atoms with Crippen molar-refractivity contribution in [1.29, 1.82) is 0 Å². The molecule has 0 radical (unpaired) electrons. The first-order valence-corrected chi connectivity index (χ1v) is 7.75. The number of nitrogens with one attached hydrogen (secondary N) is 1. The number of aromatic nitrogens is 3. The maximum Gasteiger partial charge on any atom is 0.163 e. The number of anilines is 1. The fourth-order valence-electron chi connectivity index (χ4n) is 2.99. The van der Waals surface area contributed by atoms with Crippen molar-refractivity contribution in [3.63, 3.8) is 0 Å². The van der Waals surface area contributed by atoms with E-state index in [1.54, 1.807) is 6.20 Å². The van der Waals surface area contributed by atoms with Crippen LogP contribution in [0.2, 0.25) is 0 Å². The Morgan fingerprint density at radius 2 is 2.09 bits per heavy atom. The normalized spacial score (nSPS) is 18.1. The smallest absolute Gasteiger partial charge is 0.163 e. The van der Waals surface area contributed by atoms with Crippen LogP contribution in [0.1, 0.15) is 11.3 Å². The van der Waals surface area contributed by atoms with Crippen LogP contribution in [0.15, 0.2) is 24.5 Å². The highest BCUT2D eigenvalue weighted by Crippen LogP contribution is 2.27. The summed E-state index contributed by atoms with van der Waals surface area (Å²) in [6, 6.07) is 3.94. The Hall–Kier alpha value is -2.05. The molecule has 0 atom stereocenters. The molecule has 6 heteroatoms. The zero-order valence-electron chi connectivity index (χ0n) is 12.5. The van der Waals surface area contributed by atoms with Crippen LogP contribution in [0, 0.1) is 0 Å². The lowest BCUT2D eigenvalue weighted by Gasteiger charge is -2.31. The van der Waals surface area contributed by atoms with E-state index in [9.17, 15) is 0 Å². The summed E-state index contributed by atoms with van der Waals surface area (Å²) >= 11 is 0. The average Bonchev–Trinajstić information content (AvgIpc) is 2.62. The first-order chi connectivity index (χ1) is 10.9. The van der Waals surface area contributed by atoms with Gasteiger partial charge in [-0.3, -0.25) is 4.98 Å². The van der Waals surface area contributed by atoms with Gasteiger partial charge in [-0.2, -0.15) is 0 Å². The number of ether oxygens (including phenoxy) is 1. The van der Waals surface area contributed by atoms with Gasteiger partial charge in [-0.15, -0.1) is 0 Å². The Morgan fingerprint density at radius 3 is 2.91 bits per heavy atom. The van der Waals surface area contributed by atoms with Crippen molar-refractivity contribution in [2.24, 2.45) is 0 Å². The standard InChI is InChI=1S/C16H19N5O/c1-2-12(10-17-4-1)15-19-14-3-5-18-11-13(14)16(20-15)21-6-8-22-9-7-21/h1-2,4,10,18H,3,5-9,11H2. The zero-order valence-corrected chi connectivity index (χ0v) is 12.5. The molecule has 114 valence electrons. The van der Waals surface area contributed by atoms with Crippen LogP contribution in [-0.2, 0) is 17.7 Å². The molecule has 2 aromatic rings. The largest absolute Gasteiger partial charge is 0.378 e. The fourth-order valence-corrected chi connectivity index (χ4v) is 2.99. The number of fused-ring (bicyclic) bond motifs is 1. The molecule has 22 heavy (non-hydrogen) atoms. The van der Waals surface area contributed by atoms with Gasteiger partial charge >= 0.3 is 0 Å². The van der Waals surface area contributed by atoms with Crippen LogP contribution in [0.3, 0.4) is 0 Å². The van der Waals surface area contributed by atoms with Gasteiger partial charge in [-0.25, -0.2) is 9.97 Å². The third kappa shape index (κ3) is 2.55. The molecule has 6 nitrogen and oxygen atoms in total. The molecule has 0 aliphatic carbocycles. The lowest BCUT2D eigenvalue weighted by atomic mass is 10.1. The molecule has 2 aliphatic rings. The minimum absolute atomic E-state index is 0.758. The van der Waals surface area contributed by atoms with E-state index < -0.39 is 0 Å². The van der Waals surface area contributed by atoms with E-state index in [1.165, 1.54) is 5.56 Å². The molecule has 4 heterocycles. The van der Waals surface area contributed by atoms with Crippen LogP contribution in [0.25, 0.3) is 11.4 Å². The molecule has 1 saturated heterocycles. The van der Waals surface area contributed by atoms with Gasteiger partial charge in [-0.05, 0) is 12.1 Å². The maximum atomic E-state index is 5.47. The van der Waals surface area contributed by atoms with Crippen molar-refractivity contribution in [1.82, 2.24) is 20.3 Å². The van der Waals surface area contributed by atoms with E-state index in [4.69, 9.17) is 14.7 Å². The zero-order chi connectivity index (χ0) is 14.8. The van der Waals surface area contributed by atoms with Gasteiger partial charge in [0.25, 0.3) is 0 Å². The van der Waals surface area contributed by atoms with Crippen molar-refractivity contribution in [3.8, 4) is 11.4 Å². The summed E-state index contributed by atoms with van der Waals surface area (Å²) in [4.78, 5) is 16.2. The van der Waals surface area contributed by atoms with Crippen LogP contribution in [-0.4, -0.2) is 47.8 Å². The summed E-state index contributed by atoms with van der Waals surface area (Å²) in [5.41, 5.74) is 3.37. The monoisotopic (exact) mass is 297 g/mol. The number of morpholine rings is 1. The second-order valence-corrected chi connectivity index (χ2v) is 5.56. The lowest BCUT2D eigenvalue weighted by molar-refractivity contribution is 0.122. The van der Waals surface area contributed by atoms with Gasteiger partial charge in [0.05, 0.1) is 18.9 Å². The quantitative estimate of drug-likeness (QED) is 0.893. The highest BCUT2D eigenvalue weighted by Gasteiger charge is 2.23. The van der Waals surface area contributed by atoms with Crippen LogP contribution in [0.5, 0.6) is 0 Å². The molecular weight excluding hydrogens is 278 g/mol. The molecule has 0 unspecified atom stereocenters. The molecule has 0 aromatic carbocycles. The van der Waals surface area contributed by atoms with E-state index in [0.717, 1.165) is 68.7 Å². The van der Waals surface area contributed by atoms with Crippen LogP contribution < -0.4 is 10.2 Å². The van der Waals surface area contributed by atoms with Gasteiger partial charge in [0.1, 0.15) is 5.82 Å². The van der Waals surface area contributed by atoms with Gasteiger partial charge in [0.15, 0.2) is 5.82 Å². The molecule has 1 fully saturated rings. The SMILES string of the molecule is c1cncc(-c2nc3c(c(N4CCOCC4)n2)CNCC3)c1. The minimum atomic E-state index is 0.758. The number of pyridine rings is 1. The van der Waals surface area contributed by atoms with E-state index in [2.05, 4.69) is 15.2 Å². The summed E-state index contributed by atoms with van der Waals surface area (Å²) in [6.07, 6.45) is 4.54. The molecule has 0 bridgehead atoms. The van der Waals surface area contributed by atoms with Gasteiger partial charge < -0.3 is 15.0 Å². The molecule has 2 aliphatic heterocycles. The second kappa shape index (κ2) is 5.98. The molecule has 0 spiro atoms. The van der Waals surface area contributed by atoms with Crippen molar-refractivity contribution in [2.45, 2.75) is 13.0 Å². The summed E-state index contributed by atoms with van der Waals surface area (Å²) in [7, 11) is 0. The third-order valence-corrected chi connectivity index (χ3v) is 4.14.